The van der Waals surface area contributed by atoms with Gasteiger partial charge in [-0.25, -0.2) is 4.98 Å². The predicted molar refractivity (Wildman–Crippen MR) is 57.0 cm³/mol. The molecule has 1 aromatic rings. The van der Waals surface area contributed by atoms with Crippen molar-refractivity contribution in [3.05, 3.63) is 36.1 Å². The monoisotopic (exact) mass is 207 g/mol. The number of hydrazine groups is 1. The molecule has 3 heterocycles. The summed E-state index contributed by atoms with van der Waals surface area (Å²) < 4.78 is 0. The largest absolute Gasteiger partial charge is 0.254 e. The highest BCUT2D eigenvalue weighted by Crippen LogP contribution is 2.25. The summed E-state index contributed by atoms with van der Waals surface area (Å²) in [4.78, 5) is 8.05. The molecule has 3 rings (SSSR count). The third kappa shape index (κ3) is 1.13. The number of aromatic nitrogens is 2. The van der Waals surface area contributed by atoms with Crippen molar-refractivity contribution in [3.8, 4) is 18.0 Å². The molecule has 0 atom stereocenters. The van der Waals surface area contributed by atoms with E-state index in [9.17, 15) is 0 Å². The Bertz CT molecular complexity index is 611. The molecule has 1 aromatic heterocycles. The van der Waals surface area contributed by atoms with Crippen LogP contribution >= 0.6 is 0 Å². The first-order valence-corrected chi connectivity index (χ1v) is 4.60. The van der Waals surface area contributed by atoms with Crippen LogP contribution in [0.1, 0.15) is 11.4 Å². The predicted octanol–water partition coefficient (Wildman–Crippen LogP) is 0.844. The van der Waals surface area contributed by atoms with Crippen molar-refractivity contribution < 1.29 is 0 Å². The van der Waals surface area contributed by atoms with E-state index in [0.29, 0.717) is 5.82 Å². The summed E-state index contributed by atoms with van der Waals surface area (Å²) in [6, 6.07) is 4.81. The summed E-state index contributed by atoms with van der Waals surface area (Å²) in [5.41, 5.74) is 0.847. The maximum absolute atomic E-state index is 8.76. The molecule has 0 radical (unpaired) electrons. The van der Waals surface area contributed by atoms with Crippen molar-refractivity contribution in [2.75, 3.05) is 5.01 Å². The van der Waals surface area contributed by atoms with E-state index >= 15 is 0 Å². The van der Waals surface area contributed by atoms with Crippen molar-refractivity contribution in [2.45, 2.75) is 0 Å². The van der Waals surface area contributed by atoms with Crippen molar-refractivity contribution in [2.24, 2.45) is 0 Å². The first kappa shape index (κ1) is 8.51. The summed E-state index contributed by atoms with van der Waals surface area (Å²) in [5, 5.41) is 12.2. The van der Waals surface area contributed by atoms with Crippen molar-refractivity contribution in [1.29, 1.82) is 5.26 Å². The van der Waals surface area contributed by atoms with Gasteiger partial charge in [0.15, 0.2) is 5.82 Å². The number of nitriles is 1. The number of anilines is 1. The van der Waals surface area contributed by atoms with Crippen molar-refractivity contribution >= 4 is 11.9 Å². The van der Waals surface area contributed by atoms with E-state index in [1.807, 2.05) is 24.5 Å². The van der Waals surface area contributed by atoms with E-state index in [2.05, 4.69) is 21.9 Å². The van der Waals surface area contributed by atoms with E-state index in [-0.39, 0.29) is 5.82 Å². The second kappa shape index (κ2) is 3.11. The third-order valence-corrected chi connectivity index (χ3v) is 2.22. The summed E-state index contributed by atoms with van der Waals surface area (Å²) in [6.45, 7) is 0. The fourth-order valence-electron chi connectivity index (χ4n) is 1.50. The van der Waals surface area contributed by atoms with Gasteiger partial charge in [0, 0.05) is 36.3 Å². The lowest BCUT2D eigenvalue weighted by Crippen LogP contribution is -2.35. The number of rotatable bonds is 0. The zero-order valence-corrected chi connectivity index (χ0v) is 8.12. The van der Waals surface area contributed by atoms with Crippen molar-refractivity contribution in [1.82, 2.24) is 15.0 Å². The molecule has 2 aliphatic heterocycles. The number of fused-ring (bicyclic) bond motifs is 3. The molecule has 0 amide bonds. The van der Waals surface area contributed by atoms with E-state index < -0.39 is 0 Å². The molecule has 74 valence electrons. The van der Waals surface area contributed by atoms with E-state index in [0.717, 1.165) is 5.56 Å². The Balaban J connectivity index is 2.18. The van der Waals surface area contributed by atoms with Gasteiger partial charge in [0.05, 0.1) is 0 Å². The topological polar surface area (TPSA) is 56.1 Å². The van der Waals surface area contributed by atoms with Gasteiger partial charge in [-0.15, -0.1) is 0 Å². The number of hydrogen-bond donors (Lipinski definition) is 0. The van der Waals surface area contributed by atoms with Crippen LogP contribution in [0, 0.1) is 23.3 Å². The highest BCUT2D eigenvalue weighted by molar-refractivity contribution is 5.69. The number of nitrogens with zero attached hydrogens (tertiary/aromatic N) is 5. The van der Waals surface area contributed by atoms with E-state index in [1.165, 1.54) is 0 Å². The summed E-state index contributed by atoms with van der Waals surface area (Å²) in [5.74, 6) is 3.61. The second-order valence-electron chi connectivity index (χ2n) is 3.16. The molecule has 5 nitrogen and oxygen atoms in total. The van der Waals surface area contributed by atoms with Gasteiger partial charge in [-0.2, -0.15) is 15.3 Å². The third-order valence-electron chi connectivity index (χ3n) is 2.22. The minimum Gasteiger partial charge on any atom is -0.254 e. The van der Waals surface area contributed by atoms with Crippen LogP contribution in [0.3, 0.4) is 0 Å². The Hall–Kier alpha value is -2.79. The Kier molecular flexibility index (Phi) is 1.65. The highest BCUT2D eigenvalue weighted by atomic mass is 15.6. The number of hydrogen-bond acceptors (Lipinski definition) is 5. The molecule has 0 unspecified atom stereocenters. The molecular weight excluding hydrogens is 202 g/mol. The molecule has 5 heteroatoms. The molecule has 16 heavy (non-hydrogen) atoms. The lowest BCUT2D eigenvalue weighted by atomic mass is 10.2. The molecule has 2 aliphatic rings. The Morgan fingerprint density at radius 2 is 2.31 bits per heavy atom. The van der Waals surface area contributed by atoms with Crippen LogP contribution in [0.2, 0.25) is 0 Å². The fraction of sp³-hybridized carbons (Fsp3) is 0. The van der Waals surface area contributed by atoms with Crippen molar-refractivity contribution in [3.63, 3.8) is 0 Å². The minimum atomic E-state index is 0.144. The first-order chi connectivity index (χ1) is 7.88. The molecule has 0 bridgehead atoms. The van der Waals surface area contributed by atoms with Crippen LogP contribution < -0.4 is 5.01 Å². The fourth-order valence-corrected chi connectivity index (χ4v) is 1.50. The lowest BCUT2D eigenvalue weighted by molar-refractivity contribution is 0.511. The summed E-state index contributed by atoms with van der Waals surface area (Å²) in [7, 11) is 0. The molecule has 0 saturated carbocycles. The molecule has 0 fully saturated rings. The maximum atomic E-state index is 8.76. The Labute approximate surface area is 91.9 Å². The molecule has 0 N–H and O–H groups in total. The van der Waals surface area contributed by atoms with Crippen LogP contribution in [0.4, 0.5) is 5.82 Å². The molecule has 0 spiro atoms. The summed E-state index contributed by atoms with van der Waals surface area (Å²) in [6.07, 6.45) is 8.93. The normalized spacial score (nSPS) is 14.7. The molecule has 0 saturated heterocycles. The molecular formula is C11H5N5. The smallest absolute Gasteiger partial charge is 0.234 e. The van der Waals surface area contributed by atoms with E-state index in [1.54, 1.807) is 22.3 Å². The molecule has 0 aliphatic carbocycles. The Morgan fingerprint density at radius 3 is 3.19 bits per heavy atom. The maximum Gasteiger partial charge on any atom is 0.234 e. The van der Waals surface area contributed by atoms with Gasteiger partial charge in [-0.1, -0.05) is 0 Å². The minimum absolute atomic E-state index is 0.144. The standard InChI is InChI=1S/C11H5N5/c12-7-10-13-8-9-3-6-15-4-1-2-5-16(15)11(9)14-10/h1,3-4,6,8H. The van der Waals surface area contributed by atoms with Gasteiger partial charge in [0.2, 0.25) is 5.82 Å². The second-order valence-corrected chi connectivity index (χ2v) is 3.16. The van der Waals surface area contributed by atoms with Crippen LogP contribution in [0.25, 0.3) is 6.08 Å². The average Bonchev–Trinajstić information content (AvgIpc) is 2.38. The highest BCUT2D eigenvalue weighted by Gasteiger charge is 2.20. The number of allylic oxidation sites excluding steroid dienone is 1. The van der Waals surface area contributed by atoms with Crippen LogP contribution in [0.5, 0.6) is 0 Å². The zero-order valence-electron chi connectivity index (χ0n) is 8.12. The van der Waals surface area contributed by atoms with Crippen LogP contribution in [-0.4, -0.2) is 15.0 Å². The van der Waals surface area contributed by atoms with Gasteiger partial charge in [-0.3, -0.25) is 5.01 Å². The van der Waals surface area contributed by atoms with Crippen LogP contribution in [-0.2, 0) is 0 Å². The van der Waals surface area contributed by atoms with E-state index in [4.69, 9.17) is 5.26 Å². The molecule has 0 aromatic carbocycles. The average molecular weight is 207 g/mol. The van der Waals surface area contributed by atoms with Gasteiger partial charge in [0.25, 0.3) is 0 Å². The van der Waals surface area contributed by atoms with Crippen LogP contribution in [0.15, 0.2) is 24.7 Å². The quantitative estimate of drug-likeness (QED) is 0.590. The van der Waals surface area contributed by atoms with Gasteiger partial charge < -0.3 is 0 Å². The lowest BCUT2D eigenvalue weighted by Gasteiger charge is -2.31. The first-order valence-electron chi connectivity index (χ1n) is 4.60. The summed E-state index contributed by atoms with van der Waals surface area (Å²) >= 11 is 0. The Morgan fingerprint density at radius 1 is 1.38 bits per heavy atom. The van der Waals surface area contributed by atoms with Gasteiger partial charge in [0.1, 0.15) is 6.07 Å². The SMILES string of the molecule is N#Cc1ncc2c(n1)N1C#CC=CN1C=C2. The van der Waals surface area contributed by atoms with Gasteiger partial charge >= 0.3 is 0 Å². The van der Waals surface area contributed by atoms with Gasteiger partial charge in [-0.05, 0) is 12.0 Å². The zero-order chi connectivity index (χ0) is 11.0.